The molecule has 0 spiro atoms. The van der Waals surface area contributed by atoms with Gasteiger partial charge >= 0.3 is 0 Å². The van der Waals surface area contributed by atoms with Gasteiger partial charge in [0.25, 0.3) is 0 Å². The number of benzene rings is 1. The fourth-order valence-corrected chi connectivity index (χ4v) is 2.52. The van der Waals surface area contributed by atoms with Crippen LogP contribution in [0.15, 0.2) is 30.3 Å². The van der Waals surface area contributed by atoms with E-state index >= 15 is 0 Å². The van der Waals surface area contributed by atoms with E-state index in [0.717, 1.165) is 24.8 Å². The zero-order valence-electron chi connectivity index (χ0n) is 11.8. The maximum absolute atomic E-state index is 11.6. The van der Waals surface area contributed by atoms with E-state index in [0.29, 0.717) is 26.2 Å². The molecule has 4 heteroatoms. The van der Waals surface area contributed by atoms with E-state index in [1.807, 2.05) is 30.3 Å². The molecule has 2 unspecified atom stereocenters. The summed E-state index contributed by atoms with van der Waals surface area (Å²) < 4.78 is 5.47. The number of amides is 1. The van der Waals surface area contributed by atoms with Crippen LogP contribution in [0.3, 0.4) is 0 Å². The van der Waals surface area contributed by atoms with Crippen LogP contribution in [-0.2, 0) is 16.1 Å². The molecule has 1 saturated carbocycles. The molecule has 2 N–H and O–H groups in total. The molecule has 1 fully saturated rings. The van der Waals surface area contributed by atoms with Crippen LogP contribution in [0.1, 0.15) is 31.2 Å². The maximum Gasteiger partial charge on any atom is 0.222 e. The third-order valence-corrected chi connectivity index (χ3v) is 3.77. The van der Waals surface area contributed by atoms with Gasteiger partial charge in [-0.2, -0.15) is 0 Å². The molecule has 110 valence electrons. The Bertz CT molecular complexity index is 407. The molecular weight excluding hydrogens is 254 g/mol. The fraction of sp³-hybridized carbons (Fsp3) is 0.562. The van der Waals surface area contributed by atoms with E-state index in [-0.39, 0.29) is 17.9 Å². The molecule has 20 heavy (non-hydrogen) atoms. The Labute approximate surface area is 120 Å². The summed E-state index contributed by atoms with van der Waals surface area (Å²) in [7, 11) is 0. The van der Waals surface area contributed by atoms with Crippen LogP contribution in [0.2, 0.25) is 0 Å². The second kappa shape index (κ2) is 8.02. The van der Waals surface area contributed by atoms with Gasteiger partial charge in [-0.15, -0.1) is 0 Å². The van der Waals surface area contributed by atoms with Crippen molar-refractivity contribution in [1.29, 1.82) is 0 Å². The largest absolute Gasteiger partial charge is 0.393 e. The fourth-order valence-electron chi connectivity index (χ4n) is 2.52. The molecule has 1 amide bonds. The molecule has 0 saturated heterocycles. The summed E-state index contributed by atoms with van der Waals surface area (Å²) in [6, 6.07) is 9.91. The molecule has 0 radical (unpaired) electrons. The van der Waals surface area contributed by atoms with Crippen LogP contribution >= 0.6 is 0 Å². The van der Waals surface area contributed by atoms with Crippen molar-refractivity contribution in [2.75, 3.05) is 13.2 Å². The zero-order valence-corrected chi connectivity index (χ0v) is 11.8. The number of aliphatic hydroxyl groups excluding tert-OH is 1. The van der Waals surface area contributed by atoms with Crippen molar-refractivity contribution < 1.29 is 14.6 Å². The molecule has 0 heterocycles. The number of carbonyl (C=O) groups excluding carboxylic acids is 1. The molecule has 2 rings (SSSR count). The lowest BCUT2D eigenvalue weighted by Crippen LogP contribution is -2.32. The minimum Gasteiger partial charge on any atom is -0.393 e. The van der Waals surface area contributed by atoms with Crippen LogP contribution in [0.5, 0.6) is 0 Å². The Kier molecular flexibility index (Phi) is 6.02. The van der Waals surface area contributed by atoms with Crippen LogP contribution in [0.25, 0.3) is 0 Å². The molecule has 0 bridgehead atoms. The summed E-state index contributed by atoms with van der Waals surface area (Å²) in [6.07, 6.45) is 3.05. The number of ether oxygens (including phenoxy) is 1. The van der Waals surface area contributed by atoms with Crippen LogP contribution in [0.4, 0.5) is 0 Å². The lowest BCUT2D eigenvalue weighted by atomic mass is 10.1. The van der Waals surface area contributed by atoms with Gasteiger partial charge < -0.3 is 15.2 Å². The summed E-state index contributed by atoms with van der Waals surface area (Å²) in [4.78, 5) is 11.6. The first-order valence-corrected chi connectivity index (χ1v) is 7.32. The number of hydrogen-bond donors (Lipinski definition) is 2. The number of hydrogen-bond acceptors (Lipinski definition) is 3. The number of aliphatic hydroxyl groups is 1. The van der Waals surface area contributed by atoms with E-state index in [2.05, 4.69) is 5.32 Å². The SMILES string of the molecule is O=C(CCOCc1ccccc1)NCC1CCCC1O. The van der Waals surface area contributed by atoms with Gasteiger partial charge in [-0.25, -0.2) is 0 Å². The van der Waals surface area contributed by atoms with E-state index in [1.54, 1.807) is 0 Å². The van der Waals surface area contributed by atoms with Gasteiger partial charge in [-0.1, -0.05) is 36.8 Å². The minimum absolute atomic E-state index is 0.00263. The van der Waals surface area contributed by atoms with Crippen molar-refractivity contribution in [3.63, 3.8) is 0 Å². The maximum atomic E-state index is 11.6. The topological polar surface area (TPSA) is 58.6 Å². The van der Waals surface area contributed by atoms with Crippen molar-refractivity contribution in [3.8, 4) is 0 Å². The van der Waals surface area contributed by atoms with E-state index in [1.165, 1.54) is 0 Å². The summed E-state index contributed by atoms with van der Waals surface area (Å²) in [5, 5.41) is 12.5. The second-order valence-corrected chi connectivity index (χ2v) is 5.35. The van der Waals surface area contributed by atoms with Gasteiger partial charge in [0.1, 0.15) is 0 Å². The van der Waals surface area contributed by atoms with Gasteiger partial charge in [0.15, 0.2) is 0 Å². The summed E-state index contributed by atoms with van der Waals surface area (Å²) in [5.74, 6) is 0.223. The Morgan fingerprint density at radius 3 is 2.80 bits per heavy atom. The van der Waals surface area contributed by atoms with E-state index < -0.39 is 0 Å². The van der Waals surface area contributed by atoms with Gasteiger partial charge in [-0.3, -0.25) is 4.79 Å². The first kappa shape index (κ1) is 15.0. The Morgan fingerprint density at radius 1 is 1.30 bits per heavy atom. The van der Waals surface area contributed by atoms with Crippen molar-refractivity contribution >= 4 is 5.91 Å². The number of rotatable bonds is 7. The lowest BCUT2D eigenvalue weighted by Gasteiger charge is -2.15. The Hall–Kier alpha value is -1.39. The Balaban J connectivity index is 1.54. The summed E-state index contributed by atoms with van der Waals surface area (Å²) in [5.41, 5.74) is 1.11. The third kappa shape index (κ3) is 4.94. The Morgan fingerprint density at radius 2 is 2.10 bits per heavy atom. The quantitative estimate of drug-likeness (QED) is 0.748. The third-order valence-electron chi connectivity index (χ3n) is 3.77. The second-order valence-electron chi connectivity index (χ2n) is 5.35. The van der Waals surface area contributed by atoms with E-state index in [4.69, 9.17) is 4.74 Å². The predicted molar refractivity (Wildman–Crippen MR) is 77.1 cm³/mol. The van der Waals surface area contributed by atoms with Crippen LogP contribution in [-0.4, -0.2) is 30.3 Å². The lowest BCUT2D eigenvalue weighted by molar-refractivity contribution is -0.122. The molecular formula is C16H23NO3. The molecule has 0 aliphatic heterocycles. The first-order valence-electron chi connectivity index (χ1n) is 7.32. The molecule has 1 aromatic carbocycles. The van der Waals surface area contributed by atoms with Gasteiger partial charge in [0.2, 0.25) is 5.91 Å². The highest BCUT2D eigenvalue weighted by molar-refractivity contribution is 5.75. The molecule has 4 nitrogen and oxygen atoms in total. The van der Waals surface area contributed by atoms with Crippen LogP contribution in [0, 0.1) is 5.92 Å². The molecule has 1 aromatic rings. The summed E-state index contributed by atoms with van der Waals surface area (Å²) in [6.45, 7) is 1.54. The van der Waals surface area contributed by atoms with Gasteiger partial charge in [0.05, 0.1) is 19.3 Å². The molecule has 1 aliphatic carbocycles. The molecule has 1 aliphatic rings. The standard InChI is InChI=1S/C16H23NO3/c18-15-8-4-7-14(15)11-17-16(19)9-10-20-12-13-5-2-1-3-6-13/h1-3,5-6,14-15,18H,4,7-12H2,(H,17,19). The smallest absolute Gasteiger partial charge is 0.222 e. The van der Waals surface area contributed by atoms with Crippen LogP contribution < -0.4 is 5.32 Å². The average Bonchev–Trinajstić information content (AvgIpc) is 2.88. The highest BCUT2D eigenvalue weighted by Gasteiger charge is 2.25. The monoisotopic (exact) mass is 277 g/mol. The average molecular weight is 277 g/mol. The minimum atomic E-state index is -0.246. The predicted octanol–water partition coefficient (Wildman–Crippen LogP) is 1.87. The summed E-state index contributed by atoms with van der Waals surface area (Å²) >= 11 is 0. The normalized spacial score (nSPS) is 21.9. The number of carbonyl (C=O) groups is 1. The first-order chi connectivity index (χ1) is 9.75. The van der Waals surface area contributed by atoms with Crippen molar-refractivity contribution in [3.05, 3.63) is 35.9 Å². The highest BCUT2D eigenvalue weighted by atomic mass is 16.5. The zero-order chi connectivity index (χ0) is 14.2. The van der Waals surface area contributed by atoms with Crippen molar-refractivity contribution in [2.24, 2.45) is 5.92 Å². The van der Waals surface area contributed by atoms with Gasteiger partial charge in [-0.05, 0) is 18.4 Å². The highest BCUT2D eigenvalue weighted by Crippen LogP contribution is 2.24. The molecule has 0 aromatic heterocycles. The van der Waals surface area contributed by atoms with Crippen molar-refractivity contribution in [1.82, 2.24) is 5.32 Å². The number of nitrogens with one attached hydrogen (secondary N) is 1. The van der Waals surface area contributed by atoms with Crippen molar-refractivity contribution in [2.45, 2.75) is 38.4 Å². The van der Waals surface area contributed by atoms with E-state index in [9.17, 15) is 9.90 Å². The molecule has 2 atom stereocenters. The van der Waals surface area contributed by atoms with Gasteiger partial charge in [0, 0.05) is 18.9 Å².